The molecular formula is C17H33N3O. The topological polar surface area (TPSA) is 41.7 Å². The van der Waals surface area contributed by atoms with Gasteiger partial charge in [-0.1, -0.05) is 0 Å². The fraction of sp³-hybridized carbons (Fsp3) is 1.00. The molecule has 2 N–H and O–H groups in total. The summed E-state index contributed by atoms with van der Waals surface area (Å²) in [7, 11) is 0. The van der Waals surface area contributed by atoms with Crippen LogP contribution in [0.3, 0.4) is 0 Å². The molecule has 0 aliphatic carbocycles. The van der Waals surface area contributed by atoms with E-state index in [9.17, 15) is 0 Å². The number of rotatable bonds is 5. The average Bonchev–Trinajstić information content (AvgIpc) is 3.04. The van der Waals surface area contributed by atoms with Gasteiger partial charge in [0.15, 0.2) is 0 Å². The fourth-order valence-corrected chi connectivity index (χ4v) is 4.51. The molecule has 122 valence electrons. The van der Waals surface area contributed by atoms with Gasteiger partial charge in [0.2, 0.25) is 0 Å². The summed E-state index contributed by atoms with van der Waals surface area (Å²) in [4.78, 5) is 5.34. The summed E-state index contributed by atoms with van der Waals surface area (Å²) in [6, 6.07) is 0.554. The molecule has 3 heterocycles. The summed E-state index contributed by atoms with van der Waals surface area (Å²) in [6.45, 7) is 9.18. The molecule has 0 bridgehead atoms. The number of hydrogen-bond donors (Lipinski definition) is 1. The molecule has 0 aromatic rings. The minimum atomic E-state index is 0.554. The van der Waals surface area contributed by atoms with E-state index in [-0.39, 0.29) is 0 Å². The van der Waals surface area contributed by atoms with Crippen molar-refractivity contribution in [1.29, 1.82) is 0 Å². The van der Waals surface area contributed by atoms with Gasteiger partial charge in [-0.3, -0.25) is 4.90 Å². The van der Waals surface area contributed by atoms with Crippen molar-refractivity contribution >= 4 is 0 Å². The molecule has 21 heavy (non-hydrogen) atoms. The van der Waals surface area contributed by atoms with Gasteiger partial charge in [0, 0.05) is 25.7 Å². The highest BCUT2D eigenvalue weighted by molar-refractivity contribution is 4.86. The highest BCUT2D eigenvalue weighted by atomic mass is 16.5. The van der Waals surface area contributed by atoms with Gasteiger partial charge in [0.25, 0.3) is 0 Å². The zero-order valence-electron chi connectivity index (χ0n) is 13.5. The molecule has 0 radical (unpaired) electrons. The van der Waals surface area contributed by atoms with Crippen molar-refractivity contribution in [2.75, 3.05) is 52.5 Å². The van der Waals surface area contributed by atoms with Crippen LogP contribution in [0.1, 0.15) is 38.5 Å². The lowest BCUT2D eigenvalue weighted by molar-refractivity contribution is 0.000956. The number of piperidine rings is 1. The van der Waals surface area contributed by atoms with Crippen molar-refractivity contribution in [2.45, 2.75) is 44.6 Å². The van der Waals surface area contributed by atoms with Gasteiger partial charge in [-0.15, -0.1) is 0 Å². The van der Waals surface area contributed by atoms with E-state index in [1.807, 2.05) is 0 Å². The van der Waals surface area contributed by atoms with Crippen molar-refractivity contribution in [2.24, 2.45) is 17.6 Å². The SMILES string of the molecule is NCC(C1CCCOC1)N1CCC(CN2CCCC2)CC1. The molecule has 4 heteroatoms. The fourth-order valence-electron chi connectivity index (χ4n) is 4.51. The van der Waals surface area contributed by atoms with Crippen molar-refractivity contribution in [3.63, 3.8) is 0 Å². The van der Waals surface area contributed by atoms with Crippen LogP contribution < -0.4 is 5.73 Å². The molecule has 4 nitrogen and oxygen atoms in total. The normalized spacial score (nSPS) is 31.6. The van der Waals surface area contributed by atoms with Crippen LogP contribution in [0.2, 0.25) is 0 Å². The molecular weight excluding hydrogens is 262 g/mol. The quantitative estimate of drug-likeness (QED) is 0.835. The lowest BCUT2D eigenvalue weighted by Crippen LogP contribution is -2.51. The smallest absolute Gasteiger partial charge is 0.0509 e. The molecule has 0 amide bonds. The van der Waals surface area contributed by atoms with E-state index in [2.05, 4.69) is 9.80 Å². The lowest BCUT2D eigenvalue weighted by atomic mass is 9.89. The van der Waals surface area contributed by atoms with E-state index in [0.29, 0.717) is 12.0 Å². The van der Waals surface area contributed by atoms with Crippen molar-refractivity contribution < 1.29 is 4.74 Å². The van der Waals surface area contributed by atoms with E-state index in [4.69, 9.17) is 10.5 Å². The molecule has 0 saturated carbocycles. The Morgan fingerprint density at radius 2 is 1.76 bits per heavy atom. The molecule has 3 aliphatic rings. The maximum atomic E-state index is 6.10. The Morgan fingerprint density at radius 3 is 2.38 bits per heavy atom. The van der Waals surface area contributed by atoms with Crippen LogP contribution >= 0.6 is 0 Å². The number of nitrogens with two attached hydrogens (primary N) is 1. The molecule has 0 spiro atoms. The first-order chi connectivity index (χ1) is 10.4. The van der Waals surface area contributed by atoms with E-state index in [1.165, 1.54) is 71.2 Å². The van der Waals surface area contributed by atoms with Crippen molar-refractivity contribution in [1.82, 2.24) is 9.80 Å². The van der Waals surface area contributed by atoms with Gasteiger partial charge in [0.05, 0.1) is 6.61 Å². The van der Waals surface area contributed by atoms with Crippen LogP contribution in [-0.2, 0) is 4.74 Å². The first kappa shape index (κ1) is 15.7. The van der Waals surface area contributed by atoms with E-state index in [1.54, 1.807) is 0 Å². The summed E-state index contributed by atoms with van der Waals surface area (Å²) in [5.41, 5.74) is 6.10. The Balaban J connectivity index is 1.44. The van der Waals surface area contributed by atoms with Crippen LogP contribution in [0.15, 0.2) is 0 Å². The summed E-state index contributed by atoms with van der Waals surface area (Å²) in [5.74, 6) is 1.58. The van der Waals surface area contributed by atoms with Gasteiger partial charge < -0.3 is 15.4 Å². The second kappa shape index (κ2) is 7.91. The maximum Gasteiger partial charge on any atom is 0.0509 e. The highest BCUT2D eigenvalue weighted by Crippen LogP contribution is 2.26. The molecule has 2 unspecified atom stereocenters. The third-order valence-corrected chi connectivity index (χ3v) is 5.81. The van der Waals surface area contributed by atoms with Gasteiger partial charge in [-0.05, 0) is 76.5 Å². The van der Waals surface area contributed by atoms with Crippen LogP contribution in [0.5, 0.6) is 0 Å². The lowest BCUT2D eigenvalue weighted by Gasteiger charge is -2.42. The van der Waals surface area contributed by atoms with Crippen LogP contribution in [0.4, 0.5) is 0 Å². The first-order valence-corrected chi connectivity index (χ1v) is 9.11. The largest absolute Gasteiger partial charge is 0.381 e. The summed E-state index contributed by atoms with van der Waals surface area (Å²) < 4.78 is 5.68. The van der Waals surface area contributed by atoms with Crippen LogP contribution in [0, 0.1) is 11.8 Å². The third kappa shape index (κ3) is 4.19. The number of ether oxygens (including phenoxy) is 1. The maximum absolute atomic E-state index is 6.10. The predicted molar refractivity (Wildman–Crippen MR) is 86.4 cm³/mol. The Kier molecular flexibility index (Phi) is 5.92. The van der Waals surface area contributed by atoms with Crippen LogP contribution in [-0.4, -0.2) is 68.3 Å². The molecule has 3 rings (SSSR count). The molecule has 3 aliphatic heterocycles. The number of hydrogen-bond acceptors (Lipinski definition) is 4. The molecule has 0 aromatic heterocycles. The zero-order chi connectivity index (χ0) is 14.5. The van der Waals surface area contributed by atoms with Gasteiger partial charge in [-0.2, -0.15) is 0 Å². The molecule has 3 fully saturated rings. The summed E-state index contributed by atoms with van der Waals surface area (Å²) >= 11 is 0. The zero-order valence-corrected chi connectivity index (χ0v) is 13.5. The summed E-state index contributed by atoms with van der Waals surface area (Å²) in [6.07, 6.45) is 8.06. The number of likely N-dealkylation sites (tertiary alicyclic amines) is 2. The van der Waals surface area contributed by atoms with Crippen LogP contribution in [0.25, 0.3) is 0 Å². The Hall–Kier alpha value is -0.160. The van der Waals surface area contributed by atoms with Gasteiger partial charge >= 0.3 is 0 Å². The molecule has 2 atom stereocenters. The minimum Gasteiger partial charge on any atom is -0.381 e. The monoisotopic (exact) mass is 295 g/mol. The van der Waals surface area contributed by atoms with E-state index < -0.39 is 0 Å². The highest BCUT2D eigenvalue weighted by Gasteiger charge is 2.31. The predicted octanol–water partition coefficient (Wildman–Crippen LogP) is 1.55. The van der Waals surface area contributed by atoms with Gasteiger partial charge in [-0.25, -0.2) is 0 Å². The molecule has 3 saturated heterocycles. The van der Waals surface area contributed by atoms with Crippen molar-refractivity contribution in [3.8, 4) is 0 Å². The Labute approximate surface area is 130 Å². The minimum absolute atomic E-state index is 0.554. The average molecular weight is 295 g/mol. The number of nitrogens with zero attached hydrogens (tertiary/aromatic N) is 2. The standard InChI is InChI=1S/C17H33N3O/c18-12-17(16-4-3-11-21-14-16)20-9-5-15(6-10-20)13-19-7-1-2-8-19/h15-17H,1-14,18H2. The second-order valence-corrected chi connectivity index (χ2v) is 7.27. The Morgan fingerprint density at radius 1 is 1.00 bits per heavy atom. The molecule has 0 aromatic carbocycles. The third-order valence-electron chi connectivity index (χ3n) is 5.81. The van der Waals surface area contributed by atoms with E-state index in [0.717, 1.165) is 25.7 Å². The summed E-state index contributed by atoms with van der Waals surface area (Å²) in [5, 5.41) is 0. The van der Waals surface area contributed by atoms with Crippen molar-refractivity contribution in [3.05, 3.63) is 0 Å². The van der Waals surface area contributed by atoms with E-state index >= 15 is 0 Å². The first-order valence-electron chi connectivity index (χ1n) is 9.11. The Bertz CT molecular complexity index is 292. The second-order valence-electron chi connectivity index (χ2n) is 7.27. The van der Waals surface area contributed by atoms with Gasteiger partial charge in [0.1, 0.15) is 0 Å².